The molecule has 8 heteroatoms. The van der Waals surface area contributed by atoms with Crippen LogP contribution >= 0.6 is 23.2 Å². The standard InChI is InChI=1S/C20H21Cl2N5O/c1-13-4-9-17(21)20(19(13)22)25-18(28)10-26(3)14(2)15-5-7-16(8-6-15)27-12-23-11-24-27/h4-9,11-12,14H,10H2,1-3H3,(H,25,28)/t14-/m0/s1. The molecule has 0 aliphatic rings. The van der Waals surface area contributed by atoms with Gasteiger partial charge in [-0.15, -0.1) is 0 Å². The molecule has 146 valence electrons. The Hall–Kier alpha value is -2.41. The number of carbonyl (C=O) groups excluding carboxylic acids is 1. The highest BCUT2D eigenvalue weighted by atomic mass is 35.5. The Balaban J connectivity index is 1.65. The Labute approximate surface area is 174 Å². The number of amides is 1. The van der Waals surface area contributed by atoms with Crippen molar-refractivity contribution in [2.24, 2.45) is 0 Å². The van der Waals surface area contributed by atoms with Crippen molar-refractivity contribution in [3.63, 3.8) is 0 Å². The van der Waals surface area contributed by atoms with Crippen LogP contribution in [0.25, 0.3) is 5.69 Å². The van der Waals surface area contributed by atoms with Crippen molar-refractivity contribution in [1.82, 2.24) is 19.7 Å². The van der Waals surface area contributed by atoms with E-state index in [0.717, 1.165) is 16.8 Å². The van der Waals surface area contributed by atoms with Crippen LogP contribution in [0, 0.1) is 6.92 Å². The highest BCUT2D eigenvalue weighted by Gasteiger charge is 2.17. The van der Waals surface area contributed by atoms with Gasteiger partial charge in [-0.2, -0.15) is 5.10 Å². The summed E-state index contributed by atoms with van der Waals surface area (Å²) in [6.45, 7) is 4.11. The van der Waals surface area contributed by atoms with Gasteiger partial charge in [0.1, 0.15) is 12.7 Å². The van der Waals surface area contributed by atoms with E-state index in [1.807, 2.05) is 56.1 Å². The minimum atomic E-state index is -0.178. The first-order chi connectivity index (χ1) is 13.4. The molecule has 3 rings (SSSR count). The number of carbonyl (C=O) groups is 1. The third kappa shape index (κ3) is 4.52. The van der Waals surface area contributed by atoms with Gasteiger partial charge in [-0.1, -0.05) is 41.4 Å². The zero-order valence-electron chi connectivity index (χ0n) is 15.9. The van der Waals surface area contributed by atoms with Gasteiger partial charge in [0.2, 0.25) is 5.91 Å². The van der Waals surface area contributed by atoms with E-state index in [1.54, 1.807) is 17.1 Å². The van der Waals surface area contributed by atoms with Gasteiger partial charge in [0, 0.05) is 6.04 Å². The molecule has 6 nitrogen and oxygen atoms in total. The largest absolute Gasteiger partial charge is 0.322 e. The van der Waals surface area contributed by atoms with Gasteiger partial charge >= 0.3 is 0 Å². The summed E-state index contributed by atoms with van der Waals surface area (Å²) < 4.78 is 1.70. The number of hydrogen-bond acceptors (Lipinski definition) is 4. The topological polar surface area (TPSA) is 63.1 Å². The van der Waals surface area contributed by atoms with Crippen molar-refractivity contribution in [3.8, 4) is 5.69 Å². The van der Waals surface area contributed by atoms with Crippen molar-refractivity contribution in [2.75, 3.05) is 18.9 Å². The number of nitrogens with one attached hydrogen (secondary N) is 1. The summed E-state index contributed by atoms with van der Waals surface area (Å²) in [5.74, 6) is -0.178. The SMILES string of the molecule is Cc1ccc(Cl)c(NC(=O)CN(C)[C@@H](C)c2ccc(-n3cncn3)cc2)c1Cl. The highest BCUT2D eigenvalue weighted by Crippen LogP contribution is 2.33. The summed E-state index contributed by atoms with van der Waals surface area (Å²) >= 11 is 12.4. The fourth-order valence-electron chi connectivity index (χ4n) is 2.82. The molecular weight excluding hydrogens is 397 g/mol. The minimum absolute atomic E-state index is 0.0407. The van der Waals surface area contributed by atoms with E-state index in [9.17, 15) is 4.79 Å². The van der Waals surface area contributed by atoms with Crippen molar-refractivity contribution in [2.45, 2.75) is 19.9 Å². The first kappa shape index (κ1) is 20.3. The van der Waals surface area contributed by atoms with Crippen LogP contribution in [0.1, 0.15) is 24.1 Å². The van der Waals surface area contributed by atoms with E-state index in [2.05, 4.69) is 15.4 Å². The van der Waals surface area contributed by atoms with Crippen molar-refractivity contribution >= 4 is 34.8 Å². The fourth-order valence-corrected chi connectivity index (χ4v) is 3.28. The summed E-state index contributed by atoms with van der Waals surface area (Å²) in [6.07, 6.45) is 3.14. The van der Waals surface area contributed by atoms with Crippen LogP contribution < -0.4 is 5.32 Å². The molecule has 1 heterocycles. The number of nitrogens with zero attached hydrogens (tertiary/aromatic N) is 4. The molecule has 2 aromatic carbocycles. The number of aromatic nitrogens is 3. The molecule has 0 aliphatic heterocycles. The molecule has 1 N–H and O–H groups in total. The average Bonchev–Trinajstić information content (AvgIpc) is 3.22. The third-order valence-corrected chi connectivity index (χ3v) is 5.46. The zero-order valence-corrected chi connectivity index (χ0v) is 17.4. The maximum Gasteiger partial charge on any atom is 0.238 e. The molecule has 28 heavy (non-hydrogen) atoms. The second-order valence-electron chi connectivity index (χ2n) is 6.62. The molecule has 0 unspecified atom stereocenters. The summed E-state index contributed by atoms with van der Waals surface area (Å²) in [4.78, 5) is 18.4. The Bertz CT molecular complexity index is 957. The van der Waals surface area contributed by atoms with E-state index in [-0.39, 0.29) is 18.5 Å². The van der Waals surface area contributed by atoms with Crippen LogP contribution in [0.5, 0.6) is 0 Å². The van der Waals surface area contributed by atoms with Gasteiger partial charge in [-0.25, -0.2) is 9.67 Å². The van der Waals surface area contributed by atoms with Gasteiger partial charge in [0.25, 0.3) is 0 Å². The highest BCUT2D eigenvalue weighted by molar-refractivity contribution is 6.40. The molecule has 1 atom stereocenters. The Kier molecular flexibility index (Phi) is 6.34. The fraction of sp³-hybridized carbons (Fsp3) is 0.250. The zero-order chi connectivity index (χ0) is 20.3. The molecular formula is C20H21Cl2N5O. The Morgan fingerprint density at radius 1 is 1.21 bits per heavy atom. The number of halogens is 2. The number of anilines is 1. The van der Waals surface area contributed by atoms with Crippen LogP contribution in [0.4, 0.5) is 5.69 Å². The minimum Gasteiger partial charge on any atom is -0.322 e. The summed E-state index contributed by atoms with van der Waals surface area (Å²) in [5, 5.41) is 7.82. The van der Waals surface area contributed by atoms with Gasteiger partial charge in [-0.05, 0) is 50.2 Å². The number of hydrogen-bond donors (Lipinski definition) is 1. The lowest BCUT2D eigenvalue weighted by atomic mass is 10.1. The van der Waals surface area contributed by atoms with Gasteiger partial charge < -0.3 is 5.32 Å². The number of rotatable bonds is 6. The van der Waals surface area contributed by atoms with Crippen molar-refractivity contribution in [3.05, 3.63) is 70.2 Å². The van der Waals surface area contributed by atoms with E-state index >= 15 is 0 Å². The quantitative estimate of drug-likeness (QED) is 0.640. The second kappa shape index (κ2) is 8.73. The lowest BCUT2D eigenvalue weighted by molar-refractivity contribution is -0.117. The summed E-state index contributed by atoms with van der Waals surface area (Å²) in [7, 11) is 1.90. The number of aryl methyl sites for hydroxylation is 1. The second-order valence-corrected chi connectivity index (χ2v) is 7.41. The van der Waals surface area contributed by atoms with Crippen LogP contribution in [-0.4, -0.2) is 39.2 Å². The van der Waals surface area contributed by atoms with Crippen LogP contribution in [0.15, 0.2) is 49.1 Å². The Morgan fingerprint density at radius 3 is 2.57 bits per heavy atom. The molecule has 0 saturated carbocycles. The first-order valence-electron chi connectivity index (χ1n) is 8.76. The van der Waals surface area contributed by atoms with Crippen molar-refractivity contribution in [1.29, 1.82) is 0 Å². The molecule has 0 saturated heterocycles. The van der Waals surface area contributed by atoms with Crippen LogP contribution in [0.2, 0.25) is 10.0 Å². The predicted octanol–water partition coefficient (Wildman–Crippen LogP) is 4.51. The molecule has 0 fully saturated rings. The van der Waals surface area contributed by atoms with E-state index in [4.69, 9.17) is 23.2 Å². The maximum absolute atomic E-state index is 12.5. The first-order valence-corrected chi connectivity index (χ1v) is 9.52. The van der Waals surface area contributed by atoms with Crippen LogP contribution in [0.3, 0.4) is 0 Å². The molecule has 0 spiro atoms. The normalized spacial score (nSPS) is 12.2. The number of benzene rings is 2. The molecule has 1 amide bonds. The van der Waals surface area contributed by atoms with E-state index in [0.29, 0.717) is 15.7 Å². The molecule has 0 aliphatic carbocycles. The van der Waals surface area contributed by atoms with Gasteiger partial charge in [0.05, 0.1) is 28.0 Å². The summed E-state index contributed by atoms with van der Waals surface area (Å²) in [5.41, 5.74) is 3.32. The van der Waals surface area contributed by atoms with E-state index < -0.39 is 0 Å². The lowest BCUT2D eigenvalue weighted by Crippen LogP contribution is -2.32. The van der Waals surface area contributed by atoms with Gasteiger partial charge in [-0.3, -0.25) is 9.69 Å². The maximum atomic E-state index is 12.5. The van der Waals surface area contributed by atoms with E-state index in [1.165, 1.54) is 6.33 Å². The summed E-state index contributed by atoms with van der Waals surface area (Å²) in [6, 6.07) is 11.6. The average molecular weight is 418 g/mol. The lowest BCUT2D eigenvalue weighted by Gasteiger charge is -2.25. The molecule has 1 aromatic heterocycles. The van der Waals surface area contributed by atoms with Gasteiger partial charge in [0.15, 0.2) is 0 Å². The molecule has 0 bridgehead atoms. The Morgan fingerprint density at radius 2 is 1.93 bits per heavy atom. The third-order valence-electron chi connectivity index (χ3n) is 4.66. The predicted molar refractivity (Wildman–Crippen MR) is 112 cm³/mol. The molecule has 0 radical (unpaired) electrons. The monoisotopic (exact) mass is 417 g/mol. The van der Waals surface area contributed by atoms with Crippen molar-refractivity contribution < 1.29 is 4.79 Å². The molecule has 3 aromatic rings. The number of likely N-dealkylation sites (N-methyl/N-ethyl adjacent to an activating group) is 1. The smallest absolute Gasteiger partial charge is 0.238 e. The van der Waals surface area contributed by atoms with Crippen LogP contribution in [-0.2, 0) is 4.79 Å².